The van der Waals surface area contributed by atoms with Gasteiger partial charge >= 0.3 is 11.9 Å². The molecule has 72 heavy (non-hydrogen) atoms. The number of carbonyl (C=O) groups excluding carboxylic acids is 2. The van der Waals surface area contributed by atoms with Gasteiger partial charge in [0.05, 0.1) is 25.3 Å². The van der Waals surface area contributed by atoms with Crippen LogP contribution in [0, 0.1) is 0 Å². The molecule has 3 aliphatic carbocycles. The third-order valence-corrected chi connectivity index (χ3v) is 10.4. The Morgan fingerprint density at radius 1 is 0.444 bits per heavy atom. The molecule has 0 radical (unpaired) electrons. The average Bonchev–Trinajstić information content (AvgIpc) is 4.14. The summed E-state index contributed by atoms with van der Waals surface area (Å²) < 4.78 is 31.8. The molecule has 9 aromatic rings. The number of halogens is 15. The lowest BCUT2D eigenvalue weighted by Gasteiger charge is -2.41. The Morgan fingerprint density at radius 2 is 0.792 bits per heavy atom. The number of carbonyl (C=O) groups is 2. The Bertz CT molecular complexity index is 3100. The molecule has 12 rings (SSSR count). The number of benzene rings is 5. The molecule has 380 valence electrons. The molecule has 0 saturated carbocycles. The van der Waals surface area contributed by atoms with E-state index in [1.165, 1.54) is 25.3 Å². The number of rotatable bonds is 4. The van der Waals surface area contributed by atoms with Gasteiger partial charge in [-0.15, -0.1) is 0 Å². The fourth-order valence-corrected chi connectivity index (χ4v) is 8.24. The number of hydrogen-bond donors (Lipinski definition) is 0. The predicted octanol–water partition coefficient (Wildman–Crippen LogP) is 19.3. The molecule has 0 unspecified atom stereocenters. The van der Waals surface area contributed by atoms with Crippen LogP contribution in [0.4, 0.5) is 0 Å². The van der Waals surface area contributed by atoms with Crippen LogP contribution in [0.25, 0.3) is 67.4 Å². The van der Waals surface area contributed by atoms with Crippen LogP contribution in [0.2, 0.25) is 0 Å². The Labute approximate surface area is 484 Å². The zero-order chi connectivity index (χ0) is 52.7. The van der Waals surface area contributed by atoms with Gasteiger partial charge in [0.2, 0.25) is 0 Å². The van der Waals surface area contributed by atoms with Crippen LogP contribution in [0.1, 0.15) is 65.9 Å². The lowest BCUT2D eigenvalue weighted by Crippen LogP contribution is -2.27. The van der Waals surface area contributed by atoms with E-state index in [-0.39, 0.29) is 23.6 Å². The second kappa shape index (κ2) is 26.5. The number of ether oxygens (including phenoxy) is 2. The Hall–Kier alpha value is -2.59. The first-order valence-corrected chi connectivity index (χ1v) is 26.5. The van der Waals surface area contributed by atoms with Crippen molar-refractivity contribution in [2.45, 2.75) is 33.3 Å². The lowest BCUT2D eigenvalue weighted by molar-refractivity contribution is 0.0594. The highest BCUT2D eigenvalue weighted by molar-refractivity contribution is 6.64. The third-order valence-electron chi connectivity index (χ3n) is 10.4. The zero-order valence-corrected chi connectivity index (χ0v) is 47.4. The number of hydrogen-bond acceptors (Lipinski definition) is 10. The van der Waals surface area contributed by atoms with Gasteiger partial charge in [0.25, 0.3) is 11.8 Å². The highest BCUT2D eigenvalue weighted by atomic mass is 35.6. The molecular formula is C47H29Cl15N2O8. The summed E-state index contributed by atoms with van der Waals surface area (Å²) >= 11 is 72.1. The van der Waals surface area contributed by atoms with Gasteiger partial charge in [-0.05, 0) is 58.7 Å². The van der Waals surface area contributed by atoms with Gasteiger partial charge in [0.15, 0.2) is 44.2 Å². The number of fused-ring (bicyclic) bond motifs is 4. The average molecular weight is 1280 g/mol. The summed E-state index contributed by atoms with van der Waals surface area (Å²) in [5, 5.41) is 1.80. The molecule has 25 heteroatoms. The van der Waals surface area contributed by atoms with E-state index in [1.54, 1.807) is 36.4 Å². The minimum absolute atomic E-state index is 0.0546. The summed E-state index contributed by atoms with van der Waals surface area (Å²) in [5.41, 5.74) is 10.7. The molecule has 0 aliphatic heterocycles. The molecule has 10 nitrogen and oxygen atoms in total. The molecule has 3 aliphatic rings. The largest absolute Gasteiger partial charge is 0.465 e. The smallest absolute Gasteiger partial charge is 0.340 e. The SMILES string of the molecule is COC(=O)c1cccc2oc(-c3cc4ccc5c(c4o3)C3c4ccccc4C5c4ccc5cc(-c6nc7c(C(=O)OC)cccc7o6)oc5c43)nc12.ClC(Cl)Cl.ClC(Cl)Cl.ClC(Cl)Cl.ClC(Cl)Cl.ClC(Cl)Cl. The maximum absolute atomic E-state index is 12.5. The van der Waals surface area contributed by atoms with Gasteiger partial charge in [0, 0.05) is 33.7 Å². The van der Waals surface area contributed by atoms with E-state index >= 15 is 0 Å². The molecule has 2 bridgehead atoms. The van der Waals surface area contributed by atoms with Crippen molar-refractivity contribution in [3.63, 3.8) is 0 Å². The first kappa shape index (κ1) is 58.7. The Balaban J connectivity index is 0.000000365. The van der Waals surface area contributed by atoms with Crippen LogP contribution in [0.15, 0.2) is 115 Å². The van der Waals surface area contributed by atoms with Crippen LogP contribution < -0.4 is 0 Å². The number of aromatic nitrogens is 2. The summed E-state index contributed by atoms with van der Waals surface area (Å²) in [6.45, 7) is 0. The van der Waals surface area contributed by atoms with Gasteiger partial charge in [-0.2, -0.15) is 0 Å². The van der Waals surface area contributed by atoms with Gasteiger partial charge in [-0.25, -0.2) is 19.6 Å². The maximum atomic E-state index is 12.5. The highest BCUT2D eigenvalue weighted by Gasteiger charge is 2.45. The van der Waals surface area contributed by atoms with Crippen molar-refractivity contribution in [2.75, 3.05) is 14.2 Å². The van der Waals surface area contributed by atoms with Gasteiger partial charge in [-0.3, -0.25) is 0 Å². The molecule has 0 spiro atoms. The van der Waals surface area contributed by atoms with E-state index in [4.69, 9.17) is 201 Å². The number of para-hydroxylation sites is 2. The van der Waals surface area contributed by atoms with E-state index in [2.05, 4.69) is 58.5 Å². The maximum Gasteiger partial charge on any atom is 0.340 e. The summed E-state index contributed by atoms with van der Waals surface area (Å²) in [7, 11) is 2.67. The zero-order valence-electron chi connectivity index (χ0n) is 36.1. The first-order chi connectivity index (χ1) is 34.2. The summed E-state index contributed by atoms with van der Waals surface area (Å²) in [6.07, 6.45) is 0. The number of methoxy groups -OCH3 is 2. The predicted molar refractivity (Wildman–Crippen MR) is 296 cm³/mol. The molecule has 0 saturated heterocycles. The van der Waals surface area contributed by atoms with Crippen LogP contribution in [0.3, 0.4) is 0 Å². The summed E-state index contributed by atoms with van der Waals surface area (Å²) in [6, 6.07) is 31.2. The van der Waals surface area contributed by atoms with Crippen LogP contribution in [0.5, 0.6) is 0 Å². The summed E-state index contributed by atoms with van der Waals surface area (Å²) in [4.78, 5) is 34.2. The number of oxazole rings is 2. The number of furan rings is 2. The highest BCUT2D eigenvalue weighted by Crippen LogP contribution is 2.59. The molecule has 0 amide bonds. The van der Waals surface area contributed by atoms with E-state index in [9.17, 15) is 9.59 Å². The monoisotopic (exact) mass is 1270 g/mol. The normalized spacial score (nSPS) is 13.8. The van der Waals surface area contributed by atoms with Gasteiger partial charge in [0.1, 0.15) is 22.2 Å². The minimum Gasteiger partial charge on any atom is -0.465 e. The van der Waals surface area contributed by atoms with Crippen LogP contribution >= 0.6 is 174 Å². The first-order valence-electron chi connectivity index (χ1n) is 20.0. The van der Waals surface area contributed by atoms with Crippen molar-refractivity contribution in [3.8, 4) is 23.3 Å². The topological polar surface area (TPSA) is 131 Å². The fourth-order valence-electron chi connectivity index (χ4n) is 8.24. The van der Waals surface area contributed by atoms with Gasteiger partial charge < -0.3 is 27.1 Å². The Morgan fingerprint density at radius 3 is 1.14 bits per heavy atom. The van der Waals surface area contributed by atoms with Crippen LogP contribution in [-0.4, -0.2) is 57.6 Å². The Kier molecular flexibility index (Phi) is 21.6. The molecular weight excluding hydrogens is 1250 g/mol. The second-order valence-corrected chi connectivity index (χ2v) is 24.2. The molecule has 0 N–H and O–H groups in total. The lowest BCUT2D eigenvalue weighted by atomic mass is 9.60. The summed E-state index contributed by atoms with van der Waals surface area (Å²) in [5.74, 6) is 0.188. The molecule has 4 aromatic heterocycles. The van der Waals surface area contributed by atoms with E-state index in [1.807, 2.05) is 12.1 Å². The molecule has 4 heterocycles. The number of esters is 2. The van der Waals surface area contributed by atoms with Crippen molar-refractivity contribution < 1.29 is 36.7 Å². The van der Waals surface area contributed by atoms with Crippen molar-refractivity contribution in [1.29, 1.82) is 0 Å². The van der Waals surface area contributed by atoms with E-state index in [0.717, 1.165) is 44.2 Å². The molecule has 0 fully saturated rings. The third kappa shape index (κ3) is 13.9. The van der Waals surface area contributed by atoms with Crippen molar-refractivity contribution in [1.82, 2.24) is 9.97 Å². The second-order valence-electron chi connectivity index (χ2n) is 14.3. The fraction of sp³-hybridized carbons (Fsp3) is 0.191. The van der Waals surface area contributed by atoms with Crippen molar-refractivity contribution in [2.24, 2.45) is 0 Å². The molecule has 5 aromatic carbocycles. The van der Waals surface area contributed by atoms with E-state index < -0.39 is 33.4 Å². The van der Waals surface area contributed by atoms with Crippen LogP contribution in [-0.2, 0) is 9.47 Å². The van der Waals surface area contributed by atoms with E-state index in [0.29, 0.717) is 44.8 Å². The van der Waals surface area contributed by atoms with Crippen molar-refractivity contribution >= 4 is 230 Å². The number of nitrogens with zero attached hydrogens (tertiary/aromatic N) is 2. The van der Waals surface area contributed by atoms with Crippen molar-refractivity contribution in [3.05, 3.63) is 142 Å². The standard InChI is InChI=1S/C42H24N2O8.5CHCl3/c1-47-41(45)25-9-5-11-27-35(25)43-39(51-27)29-17-19-13-15-23-31-21-7-3-4-8-22(21)32(33(23)37(19)49-29)34-24(31)16-14-20-18-30(50-38(20)34)40-44-36-26(42(46)48-2)10-6-12-28(36)52-40;5*2-1(3)4/h3-18,31-32H,1-2H3;5*1H. The quantitative estimate of drug-likeness (QED) is 0.124. The molecule has 0 atom stereocenters. The minimum atomic E-state index is -0.750. The van der Waals surface area contributed by atoms with Gasteiger partial charge in [-0.1, -0.05) is 235 Å². The number of alkyl halides is 15.